The summed E-state index contributed by atoms with van der Waals surface area (Å²) in [6, 6.07) is 6.59. The molecule has 0 aliphatic carbocycles. The van der Waals surface area contributed by atoms with Crippen molar-refractivity contribution in [3.63, 3.8) is 0 Å². The van der Waals surface area contributed by atoms with Crippen LogP contribution in [0.15, 0.2) is 44.2 Å². The lowest BCUT2D eigenvalue weighted by Crippen LogP contribution is -2.10. The molecule has 5 heteroatoms. The molecule has 0 aliphatic rings. The second-order valence-corrected chi connectivity index (χ2v) is 5.07. The summed E-state index contributed by atoms with van der Waals surface area (Å²) >= 11 is 0. The predicted molar refractivity (Wildman–Crippen MR) is 80.4 cm³/mol. The van der Waals surface area contributed by atoms with Crippen molar-refractivity contribution in [1.82, 2.24) is 0 Å². The lowest BCUT2D eigenvalue weighted by atomic mass is 10.0. The first-order valence-electron chi connectivity index (χ1n) is 6.78. The Morgan fingerprint density at radius 1 is 1.05 bits per heavy atom. The van der Waals surface area contributed by atoms with Gasteiger partial charge < -0.3 is 13.6 Å². The average molecular weight is 298 g/mol. The van der Waals surface area contributed by atoms with Gasteiger partial charge >= 0.3 is 11.6 Å². The van der Waals surface area contributed by atoms with E-state index in [1.807, 2.05) is 6.92 Å². The molecular formula is C17H14O5. The second-order valence-electron chi connectivity index (χ2n) is 5.07. The van der Waals surface area contributed by atoms with E-state index in [1.54, 1.807) is 32.0 Å². The molecular weight excluding hydrogens is 284 g/mol. The quantitative estimate of drug-likeness (QED) is 0.411. The highest BCUT2D eigenvalue weighted by atomic mass is 16.5. The maximum Gasteiger partial charge on any atom is 0.379 e. The molecule has 2 heterocycles. The molecule has 0 saturated heterocycles. The molecule has 0 saturated carbocycles. The van der Waals surface area contributed by atoms with Gasteiger partial charge in [-0.15, -0.1) is 0 Å². The van der Waals surface area contributed by atoms with E-state index in [1.165, 1.54) is 12.3 Å². The van der Waals surface area contributed by atoms with Crippen LogP contribution in [0.2, 0.25) is 0 Å². The number of aryl methyl sites for hydroxylation is 2. The van der Waals surface area contributed by atoms with E-state index < -0.39 is 5.97 Å². The standard InChI is InChI=1S/C17H14O5/c1-9-10(2)16(18)22-15-11(3)13(7-6-12(9)15)21-17(19)14-5-4-8-20-14/h4-8H,1-3H3. The number of ether oxygens (including phenoxy) is 1. The van der Waals surface area contributed by atoms with E-state index in [-0.39, 0.29) is 11.4 Å². The first-order valence-corrected chi connectivity index (χ1v) is 6.78. The Kier molecular flexibility index (Phi) is 3.33. The molecule has 0 fully saturated rings. The number of hydrogen-bond donors (Lipinski definition) is 0. The highest BCUT2D eigenvalue weighted by Gasteiger charge is 2.17. The number of esters is 1. The van der Waals surface area contributed by atoms with Crippen LogP contribution in [0.1, 0.15) is 27.2 Å². The SMILES string of the molecule is Cc1c(C)c2ccc(OC(=O)c3ccco3)c(C)c2oc1=O. The van der Waals surface area contributed by atoms with Crippen molar-refractivity contribution < 1.29 is 18.4 Å². The molecule has 1 aromatic carbocycles. The lowest BCUT2D eigenvalue weighted by Gasteiger charge is -2.10. The molecule has 5 nitrogen and oxygen atoms in total. The third-order valence-electron chi connectivity index (χ3n) is 3.75. The number of furan rings is 1. The summed E-state index contributed by atoms with van der Waals surface area (Å²) in [5.74, 6) is -0.153. The van der Waals surface area contributed by atoms with Gasteiger partial charge in [0.1, 0.15) is 11.3 Å². The molecule has 0 N–H and O–H groups in total. The van der Waals surface area contributed by atoms with Crippen LogP contribution in [-0.4, -0.2) is 5.97 Å². The maximum atomic E-state index is 11.9. The van der Waals surface area contributed by atoms with Crippen LogP contribution >= 0.6 is 0 Å². The van der Waals surface area contributed by atoms with Crippen molar-refractivity contribution in [3.8, 4) is 5.75 Å². The fraction of sp³-hybridized carbons (Fsp3) is 0.176. The van der Waals surface area contributed by atoms with E-state index in [0.29, 0.717) is 22.5 Å². The summed E-state index contributed by atoms with van der Waals surface area (Å²) in [5, 5.41) is 0.826. The summed E-state index contributed by atoms with van der Waals surface area (Å²) < 4.78 is 15.7. The first-order chi connectivity index (χ1) is 10.5. The highest BCUT2D eigenvalue weighted by molar-refractivity contribution is 5.90. The fourth-order valence-electron chi connectivity index (χ4n) is 2.28. The molecule has 3 aromatic rings. The number of carbonyl (C=O) groups is 1. The van der Waals surface area contributed by atoms with Crippen LogP contribution in [0.25, 0.3) is 11.0 Å². The largest absolute Gasteiger partial charge is 0.457 e. The summed E-state index contributed by atoms with van der Waals surface area (Å²) in [4.78, 5) is 23.8. The highest BCUT2D eigenvalue weighted by Crippen LogP contribution is 2.29. The molecule has 3 rings (SSSR count). The maximum absolute atomic E-state index is 11.9. The van der Waals surface area contributed by atoms with Crippen LogP contribution in [0.3, 0.4) is 0 Å². The number of fused-ring (bicyclic) bond motifs is 1. The first kappa shape index (κ1) is 14.1. The molecule has 0 unspecified atom stereocenters. The Morgan fingerprint density at radius 2 is 1.82 bits per heavy atom. The van der Waals surface area contributed by atoms with Gasteiger partial charge in [0.05, 0.1) is 6.26 Å². The molecule has 0 radical (unpaired) electrons. The zero-order chi connectivity index (χ0) is 15.9. The summed E-state index contributed by atoms with van der Waals surface area (Å²) in [5.41, 5.74) is 2.07. The minimum absolute atomic E-state index is 0.112. The van der Waals surface area contributed by atoms with Crippen molar-refractivity contribution in [2.45, 2.75) is 20.8 Å². The zero-order valence-electron chi connectivity index (χ0n) is 12.4. The fourth-order valence-corrected chi connectivity index (χ4v) is 2.28. The normalized spacial score (nSPS) is 10.9. The van der Waals surface area contributed by atoms with E-state index in [0.717, 1.165) is 10.9 Å². The molecule has 0 bridgehead atoms. The Bertz CT molecular complexity index is 916. The van der Waals surface area contributed by atoms with Crippen molar-refractivity contribution in [3.05, 3.63) is 63.4 Å². The van der Waals surface area contributed by atoms with Crippen molar-refractivity contribution in [2.24, 2.45) is 0 Å². The third kappa shape index (κ3) is 2.20. The monoisotopic (exact) mass is 298 g/mol. The van der Waals surface area contributed by atoms with E-state index >= 15 is 0 Å². The number of hydrogen-bond acceptors (Lipinski definition) is 5. The van der Waals surface area contributed by atoms with Crippen molar-refractivity contribution >= 4 is 16.9 Å². The van der Waals surface area contributed by atoms with E-state index in [2.05, 4.69) is 0 Å². The summed E-state index contributed by atoms with van der Waals surface area (Å²) in [6.07, 6.45) is 1.40. The topological polar surface area (TPSA) is 69.7 Å². The summed E-state index contributed by atoms with van der Waals surface area (Å²) in [6.45, 7) is 5.33. The number of benzene rings is 1. The van der Waals surface area contributed by atoms with Crippen molar-refractivity contribution in [1.29, 1.82) is 0 Å². The Balaban J connectivity index is 2.09. The van der Waals surface area contributed by atoms with Crippen LogP contribution in [-0.2, 0) is 0 Å². The smallest absolute Gasteiger partial charge is 0.379 e. The molecule has 112 valence electrons. The summed E-state index contributed by atoms with van der Waals surface area (Å²) in [7, 11) is 0. The molecule has 0 spiro atoms. The van der Waals surface area contributed by atoms with Crippen LogP contribution in [0.4, 0.5) is 0 Å². The van der Waals surface area contributed by atoms with Crippen LogP contribution in [0.5, 0.6) is 5.75 Å². The molecule has 2 aromatic heterocycles. The lowest BCUT2D eigenvalue weighted by molar-refractivity contribution is 0.0700. The molecule has 0 aliphatic heterocycles. The van der Waals surface area contributed by atoms with Crippen LogP contribution < -0.4 is 10.4 Å². The number of carbonyl (C=O) groups excluding carboxylic acids is 1. The molecule has 0 atom stereocenters. The van der Waals surface area contributed by atoms with Gasteiger partial charge in [-0.05, 0) is 50.6 Å². The van der Waals surface area contributed by atoms with Gasteiger partial charge in [-0.2, -0.15) is 0 Å². The Hall–Kier alpha value is -2.82. The van der Waals surface area contributed by atoms with Gasteiger partial charge in [0.15, 0.2) is 0 Å². The van der Waals surface area contributed by atoms with Gasteiger partial charge in [-0.25, -0.2) is 9.59 Å². The van der Waals surface area contributed by atoms with Gasteiger partial charge in [0.25, 0.3) is 0 Å². The minimum Gasteiger partial charge on any atom is -0.457 e. The third-order valence-corrected chi connectivity index (χ3v) is 3.75. The van der Waals surface area contributed by atoms with Crippen molar-refractivity contribution in [2.75, 3.05) is 0 Å². The molecule has 0 amide bonds. The van der Waals surface area contributed by atoms with Gasteiger partial charge in [-0.3, -0.25) is 0 Å². The number of rotatable bonds is 2. The van der Waals surface area contributed by atoms with Gasteiger partial charge in [0, 0.05) is 16.5 Å². The van der Waals surface area contributed by atoms with E-state index in [9.17, 15) is 9.59 Å². The van der Waals surface area contributed by atoms with Gasteiger partial charge in [-0.1, -0.05) is 0 Å². The Morgan fingerprint density at radius 3 is 2.50 bits per heavy atom. The predicted octanol–water partition coefficient (Wildman–Crippen LogP) is 3.53. The van der Waals surface area contributed by atoms with E-state index in [4.69, 9.17) is 13.6 Å². The minimum atomic E-state index is -0.598. The second kappa shape index (κ2) is 5.18. The zero-order valence-corrected chi connectivity index (χ0v) is 12.4. The average Bonchev–Trinajstić information content (AvgIpc) is 3.03. The van der Waals surface area contributed by atoms with Crippen LogP contribution in [0, 0.1) is 20.8 Å². The molecule has 22 heavy (non-hydrogen) atoms. The Labute approximate surface area is 126 Å². The van der Waals surface area contributed by atoms with Gasteiger partial charge in [0.2, 0.25) is 5.76 Å².